The number of pyridine rings is 1. The summed E-state index contributed by atoms with van der Waals surface area (Å²) in [5, 5.41) is 16.2. The first kappa shape index (κ1) is 13.5. The number of fused-ring (bicyclic) bond motifs is 1. The van der Waals surface area contributed by atoms with Crippen LogP contribution in [0.3, 0.4) is 0 Å². The number of aromatic carboxylic acids is 1. The van der Waals surface area contributed by atoms with Crippen molar-refractivity contribution in [3.8, 4) is 0 Å². The van der Waals surface area contributed by atoms with Crippen LogP contribution in [0.2, 0.25) is 0 Å². The molecule has 0 amide bonds. The number of carboxylic acid groups (broad SMARTS) is 1. The second-order valence-electron chi connectivity index (χ2n) is 4.61. The van der Waals surface area contributed by atoms with Crippen LogP contribution in [-0.2, 0) is 0 Å². The molecule has 0 saturated carbocycles. The van der Waals surface area contributed by atoms with E-state index in [9.17, 15) is 9.90 Å². The normalized spacial score (nSPS) is 12.2. The van der Waals surface area contributed by atoms with E-state index < -0.39 is 5.97 Å². The maximum absolute atomic E-state index is 11.4. The summed E-state index contributed by atoms with van der Waals surface area (Å²) in [6.45, 7) is 1.96. The Morgan fingerprint density at radius 3 is 2.86 bits per heavy atom. The minimum atomic E-state index is -0.998. The molecule has 2 aromatic heterocycles. The molecule has 1 aromatic carbocycles. The van der Waals surface area contributed by atoms with Gasteiger partial charge < -0.3 is 10.4 Å². The zero-order chi connectivity index (χ0) is 14.8. The lowest BCUT2D eigenvalue weighted by Crippen LogP contribution is -2.11. The number of thiazole rings is 1. The van der Waals surface area contributed by atoms with Crippen molar-refractivity contribution in [1.29, 1.82) is 0 Å². The monoisotopic (exact) mass is 299 g/mol. The average molecular weight is 299 g/mol. The van der Waals surface area contributed by atoms with Crippen molar-refractivity contribution >= 4 is 33.9 Å². The van der Waals surface area contributed by atoms with E-state index in [1.54, 1.807) is 6.20 Å². The third kappa shape index (κ3) is 2.57. The van der Waals surface area contributed by atoms with Crippen LogP contribution in [0.4, 0.5) is 5.69 Å². The van der Waals surface area contributed by atoms with Gasteiger partial charge in [0.05, 0.1) is 17.2 Å². The fourth-order valence-electron chi connectivity index (χ4n) is 2.19. The van der Waals surface area contributed by atoms with Gasteiger partial charge in [-0.3, -0.25) is 4.98 Å². The predicted molar refractivity (Wildman–Crippen MR) is 82.9 cm³/mol. The molecule has 21 heavy (non-hydrogen) atoms. The Bertz CT molecular complexity index is 787. The Labute approximate surface area is 125 Å². The minimum Gasteiger partial charge on any atom is -0.478 e. The SMILES string of the molecule is CC(Nc1c(C(=O)O)cnc2ccccc12)c1nccs1. The molecule has 0 saturated heterocycles. The van der Waals surface area contributed by atoms with E-state index in [1.165, 1.54) is 17.5 Å². The Morgan fingerprint density at radius 2 is 2.14 bits per heavy atom. The molecule has 0 radical (unpaired) electrons. The molecular formula is C15H13N3O2S. The van der Waals surface area contributed by atoms with E-state index in [1.807, 2.05) is 36.6 Å². The van der Waals surface area contributed by atoms with Gasteiger partial charge in [0, 0.05) is 23.2 Å². The topological polar surface area (TPSA) is 75.1 Å². The molecule has 2 N–H and O–H groups in total. The van der Waals surface area contributed by atoms with Crippen LogP contribution < -0.4 is 5.32 Å². The second-order valence-corrected chi connectivity index (χ2v) is 5.53. The lowest BCUT2D eigenvalue weighted by Gasteiger charge is -2.16. The van der Waals surface area contributed by atoms with Crippen molar-refractivity contribution in [2.45, 2.75) is 13.0 Å². The number of carboxylic acids is 1. The Hall–Kier alpha value is -2.47. The molecule has 0 aliphatic heterocycles. The molecule has 3 rings (SSSR count). The van der Waals surface area contributed by atoms with Gasteiger partial charge in [0.2, 0.25) is 0 Å². The maximum Gasteiger partial charge on any atom is 0.339 e. The predicted octanol–water partition coefficient (Wildman–Crippen LogP) is 3.56. The first-order valence-electron chi connectivity index (χ1n) is 6.44. The maximum atomic E-state index is 11.4. The van der Waals surface area contributed by atoms with E-state index in [-0.39, 0.29) is 11.6 Å². The third-order valence-electron chi connectivity index (χ3n) is 3.19. The second kappa shape index (κ2) is 5.49. The first-order valence-corrected chi connectivity index (χ1v) is 7.31. The van der Waals surface area contributed by atoms with Crippen LogP contribution in [0.5, 0.6) is 0 Å². The minimum absolute atomic E-state index is 0.0751. The number of carbonyl (C=O) groups is 1. The van der Waals surface area contributed by atoms with E-state index in [0.717, 1.165) is 15.9 Å². The Morgan fingerprint density at radius 1 is 1.33 bits per heavy atom. The largest absolute Gasteiger partial charge is 0.478 e. The summed E-state index contributed by atoms with van der Waals surface area (Å²) in [6, 6.07) is 7.40. The van der Waals surface area contributed by atoms with Gasteiger partial charge in [-0.15, -0.1) is 11.3 Å². The number of nitrogens with zero attached hydrogens (tertiary/aromatic N) is 2. The van der Waals surface area contributed by atoms with Gasteiger partial charge in [-0.25, -0.2) is 9.78 Å². The van der Waals surface area contributed by atoms with E-state index in [2.05, 4.69) is 15.3 Å². The van der Waals surface area contributed by atoms with E-state index in [0.29, 0.717) is 5.69 Å². The molecule has 5 nitrogen and oxygen atoms in total. The molecule has 0 aliphatic rings. The van der Waals surface area contributed by atoms with Gasteiger partial charge in [0.1, 0.15) is 10.6 Å². The zero-order valence-electron chi connectivity index (χ0n) is 11.3. The molecule has 0 fully saturated rings. The number of rotatable bonds is 4. The van der Waals surface area contributed by atoms with Crippen LogP contribution >= 0.6 is 11.3 Å². The molecule has 1 atom stereocenters. The van der Waals surface area contributed by atoms with E-state index >= 15 is 0 Å². The summed E-state index contributed by atoms with van der Waals surface area (Å²) in [4.78, 5) is 19.9. The molecule has 3 aromatic rings. The van der Waals surface area contributed by atoms with Crippen molar-refractivity contribution in [1.82, 2.24) is 9.97 Å². The number of aromatic nitrogens is 2. The standard InChI is InChI=1S/C15H13N3O2S/c1-9(14-16-6-7-21-14)18-13-10-4-2-3-5-12(10)17-8-11(13)15(19)20/h2-9H,1H3,(H,17,18)(H,19,20). The highest BCUT2D eigenvalue weighted by molar-refractivity contribution is 7.09. The van der Waals surface area contributed by atoms with Crippen molar-refractivity contribution in [2.24, 2.45) is 0 Å². The summed E-state index contributed by atoms with van der Waals surface area (Å²) in [7, 11) is 0. The lowest BCUT2D eigenvalue weighted by molar-refractivity contribution is 0.0697. The Kier molecular flexibility index (Phi) is 3.53. The fraction of sp³-hybridized carbons (Fsp3) is 0.133. The summed E-state index contributed by atoms with van der Waals surface area (Å²) in [5.74, 6) is -0.998. The van der Waals surface area contributed by atoms with Crippen LogP contribution in [0.25, 0.3) is 10.9 Å². The molecular weight excluding hydrogens is 286 g/mol. The van der Waals surface area contributed by atoms with Gasteiger partial charge >= 0.3 is 5.97 Å². The van der Waals surface area contributed by atoms with Crippen molar-refractivity contribution < 1.29 is 9.90 Å². The average Bonchev–Trinajstić information content (AvgIpc) is 3.01. The number of para-hydroxylation sites is 1. The molecule has 6 heteroatoms. The lowest BCUT2D eigenvalue weighted by atomic mass is 10.1. The number of benzene rings is 1. The molecule has 1 unspecified atom stereocenters. The van der Waals surface area contributed by atoms with Gasteiger partial charge in [-0.2, -0.15) is 0 Å². The van der Waals surface area contributed by atoms with Crippen molar-refractivity contribution in [3.63, 3.8) is 0 Å². The molecule has 106 valence electrons. The van der Waals surface area contributed by atoms with Gasteiger partial charge in [0.25, 0.3) is 0 Å². The number of anilines is 1. The summed E-state index contributed by atoms with van der Waals surface area (Å²) >= 11 is 1.53. The smallest absolute Gasteiger partial charge is 0.339 e. The van der Waals surface area contributed by atoms with Crippen LogP contribution in [-0.4, -0.2) is 21.0 Å². The molecule has 0 aliphatic carbocycles. The highest BCUT2D eigenvalue weighted by atomic mass is 32.1. The van der Waals surface area contributed by atoms with E-state index in [4.69, 9.17) is 0 Å². The van der Waals surface area contributed by atoms with Gasteiger partial charge in [-0.1, -0.05) is 18.2 Å². The Balaban J connectivity index is 2.10. The molecule has 0 bridgehead atoms. The van der Waals surface area contributed by atoms with Gasteiger partial charge in [-0.05, 0) is 13.0 Å². The summed E-state index contributed by atoms with van der Waals surface area (Å²) in [6.07, 6.45) is 3.13. The highest BCUT2D eigenvalue weighted by Gasteiger charge is 2.17. The van der Waals surface area contributed by atoms with Crippen LogP contribution in [0.1, 0.15) is 28.3 Å². The highest BCUT2D eigenvalue weighted by Crippen LogP contribution is 2.30. The third-order valence-corrected chi connectivity index (χ3v) is 4.15. The van der Waals surface area contributed by atoms with Crippen molar-refractivity contribution in [3.05, 3.63) is 52.6 Å². The van der Waals surface area contributed by atoms with Crippen molar-refractivity contribution in [2.75, 3.05) is 5.32 Å². The zero-order valence-corrected chi connectivity index (χ0v) is 12.1. The quantitative estimate of drug-likeness (QED) is 0.770. The number of hydrogen-bond acceptors (Lipinski definition) is 5. The van der Waals surface area contributed by atoms with Gasteiger partial charge in [0.15, 0.2) is 0 Å². The molecule has 2 heterocycles. The van der Waals surface area contributed by atoms with Crippen LogP contribution in [0, 0.1) is 0 Å². The first-order chi connectivity index (χ1) is 10.2. The fourth-order valence-corrected chi connectivity index (χ4v) is 2.83. The number of nitrogens with one attached hydrogen (secondary N) is 1. The molecule has 0 spiro atoms. The summed E-state index contributed by atoms with van der Waals surface area (Å²) < 4.78 is 0. The summed E-state index contributed by atoms with van der Waals surface area (Å²) in [5.41, 5.74) is 1.50. The van der Waals surface area contributed by atoms with Crippen LogP contribution in [0.15, 0.2) is 42.0 Å². The number of hydrogen-bond donors (Lipinski definition) is 2.